The number of nitrogens with zero attached hydrogens (tertiary/aromatic N) is 1. The minimum absolute atomic E-state index is 0.0344. The minimum Gasteiger partial charge on any atom is -0.507 e. The summed E-state index contributed by atoms with van der Waals surface area (Å²) in [7, 11) is 1.59. The van der Waals surface area contributed by atoms with E-state index < -0.39 is 5.82 Å². The van der Waals surface area contributed by atoms with Gasteiger partial charge in [-0.3, -0.25) is 5.43 Å². The summed E-state index contributed by atoms with van der Waals surface area (Å²) in [4.78, 5) is 0. The molecule has 0 saturated carbocycles. The zero-order chi connectivity index (χ0) is 17.5. The molecule has 2 rings (SSSR count). The normalized spacial score (nSPS) is 11.0. The molecule has 0 bridgehead atoms. The molecule has 0 aliphatic rings. The Kier molecular flexibility index (Phi) is 6.08. The van der Waals surface area contributed by atoms with Crippen molar-refractivity contribution in [1.29, 1.82) is 0 Å². The van der Waals surface area contributed by atoms with Gasteiger partial charge in [0.25, 0.3) is 0 Å². The molecule has 3 N–H and O–H groups in total. The Labute approximate surface area is 145 Å². The molecule has 0 aliphatic heterocycles. The molecule has 0 amide bonds. The molecule has 126 valence electrons. The van der Waals surface area contributed by atoms with E-state index in [9.17, 15) is 9.50 Å². The van der Waals surface area contributed by atoms with E-state index in [1.165, 1.54) is 18.2 Å². The molecule has 0 aromatic heterocycles. The first-order valence-corrected chi connectivity index (χ1v) is 7.70. The zero-order valence-electron chi connectivity index (χ0n) is 13.3. The van der Waals surface area contributed by atoms with Gasteiger partial charge in [-0.1, -0.05) is 6.92 Å². The number of methoxy groups -OCH3 is 1. The summed E-state index contributed by atoms with van der Waals surface area (Å²) in [6.07, 6.45) is 0.495. The van der Waals surface area contributed by atoms with Crippen LogP contribution in [0.15, 0.2) is 47.6 Å². The third-order valence-corrected chi connectivity index (χ3v) is 3.44. The van der Waals surface area contributed by atoms with Crippen molar-refractivity contribution in [1.82, 2.24) is 5.43 Å². The lowest BCUT2D eigenvalue weighted by Crippen LogP contribution is -2.25. The molecule has 0 aliphatic carbocycles. The van der Waals surface area contributed by atoms with Crippen LogP contribution in [0.25, 0.3) is 0 Å². The smallest absolute Gasteiger partial charge is 0.191 e. The molecule has 0 radical (unpaired) electrons. The van der Waals surface area contributed by atoms with E-state index in [0.717, 1.165) is 11.4 Å². The predicted octanol–water partition coefficient (Wildman–Crippen LogP) is 3.64. The number of ether oxygens (including phenoxy) is 1. The average molecular weight is 347 g/mol. The van der Waals surface area contributed by atoms with Gasteiger partial charge in [0.2, 0.25) is 0 Å². The van der Waals surface area contributed by atoms with Crippen LogP contribution in [0, 0.1) is 5.82 Å². The molecule has 5 nitrogen and oxygen atoms in total. The highest BCUT2D eigenvalue weighted by atomic mass is 32.1. The number of thiocarbonyl (C=S) groups is 1. The van der Waals surface area contributed by atoms with Gasteiger partial charge in [0.05, 0.1) is 12.8 Å². The number of phenols is 1. The maximum absolute atomic E-state index is 13.4. The quantitative estimate of drug-likeness (QED) is 0.438. The van der Waals surface area contributed by atoms with Crippen LogP contribution < -0.4 is 15.5 Å². The van der Waals surface area contributed by atoms with E-state index in [2.05, 4.69) is 15.8 Å². The number of phenolic OH excluding ortho intramolecular Hbond substituents is 1. The highest BCUT2D eigenvalue weighted by Gasteiger charge is 2.09. The predicted molar refractivity (Wildman–Crippen MR) is 97.2 cm³/mol. The fourth-order valence-electron chi connectivity index (χ4n) is 2.02. The number of halogens is 1. The van der Waals surface area contributed by atoms with Crippen molar-refractivity contribution in [3.8, 4) is 11.5 Å². The van der Waals surface area contributed by atoms with Crippen molar-refractivity contribution >= 4 is 28.7 Å². The van der Waals surface area contributed by atoms with Crippen molar-refractivity contribution in [3.05, 3.63) is 53.8 Å². The number of anilines is 1. The summed E-state index contributed by atoms with van der Waals surface area (Å²) < 4.78 is 18.4. The Balaban J connectivity index is 2.06. The average Bonchev–Trinajstić information content (AvgIpc) is 2.59. The summed E-state index contributed by atoms with van der Waals surface area (Å²) in [5.74, 6) is 0.267. The summed E-state index contributed by atoms with van der Waals surface area (Å²) in [6, 6.07) is 11.0. The minimum atomic E-state index is -0.442. The zero-order valence-corrected chi connectivity index (χ0v) is 14.2. The van der Waals surface area contributed by atoms with Crippen LogP contribution in [0.3, 0.4) is 0 Å². The third kappa shape index (κ3) is 4.66. The molecular weight excluding hydrogens is 329 g/mol. The second-order valence-corrected chi connectivity index (χ2v) is 5.28. The van der Waals surface area contributed by atoms with Crippen LogP contribution in [-0.2, 0) is 0 Å². The van der Waals surface area contributed by atoms with Gasteiger partial charge in [-0.2, -0.15) is 5.10 Å². The van der Waals surface area contributed by atoms with E-state index in [4.69, 9.17) is 17.0 Å². The standard InChI is InChI=1S/C17H18FN3O2S/c1-3-15(14-10-11(18)4-9-16(14)22)20-21-17(24)19-12-5-7-13(23-2)8-6-12/h4-10,22H,3H2,1-2H3,(H2,19,21,24)/b20-15+. The van der Waals surface area contributed by atoms with Gasteiger partial charge in [0, 0.05) is 11.3 Å². The van der Waals surface area contributed by atoms with Crippen molar-refractivity contribution in [2.45, 2.75) is 13.3 Å². The Morgan fingerprint density at radius 3 is 2.58 bits per heavy atom. The maximum atomic E-state index is 13.4. The fraction of sp³-hybridized carbons (Fsp3) is 0.176. The molecule has 7 heteroatoms. The van der Waals surface area contributed by atoms with Gasteiger partial charge in [0.15, 0.2) is 5.11 Å². The van der Waals surface area contributed by atoms with E-state index in [1.807, 2.05) is 19.1 Å². The monoisotopic (exact) mass is 347 g/mol. The number of rotatable bonds is 5. The second-order valence-electron chi connectivity index (χ2n) is 4.87. The number of nitrogens with one attached hydrogen (secondary N) is 2. The maximum Gasteiger partial charge on any atom is 0.191 e. The largest absolute Gasteiger partial charge is 0.507 e. The van der Waals surface area contributed by atoms with Gasteiger partial charge >= 0.3 is 0 Å². The molecule has 0 heterocycles. The molecule has 0 unspecified atom stereocenters. The molecule has 2 aromatic rings. The van der Waals surface area contributed by atoms with Gasteiger partial charge in [-0.25, -0.2) is 4.39 Å². The van der Waals surface area contributed by atoms with E-state index >= 15 is 0 Å². The van der Waals surface area contributed by atoms with Gasteiger partial charge < -0.3 is 15.2 Å². The summed E-state index contributed by atoms with van der Waals surface area (Å²) in [6.45, 7) is 1.85. The van der Waals surface area contributed by atoms with E-state index in [1.54, 1.807) is 19.2 Å². The molecule has 0 fully saturated rings. The second kappa shape index (κ2) is 8.26. The first-order chi connectivity index (χ1) is 11.5. The first kappa shape index (κ1) is 17.7. The highest BCUT2D eigenvalue weighted by molar-refractivity contribution is 7.80. The van der Waals surface area contributed by atoms with Crippen molar-refractivity contribution in [2.24, 2.45) is 5.10 Å². The summed E-state index contributed by atoms with van der Waals surface area (Å²) in [5.41, 5.74) is 4.30. The molecule has 0 saturated heterocycles. The number of hydrogen-bond donors (Lipinski definition) is 3. The summed E-state index contributed by atoms with van der Waals surface area (Å²) in [5, 5.41) is 17.3. The first-order valence-electron chi connectivity index (χ1n) is 7.30. The lowest BCUT2D eigenvalue weighted by molar-refractivity contribution is 0.415. The van der Waals surface area contributed by atoms with Crippen molar-refractivity contribution in [3.63, 3.8) is 0 Å². The van der Waals surface area contributed by atoms with Crippen LogP contribution in [0.4, 0.5) is 10.1 Å². The van der Waals surface area contributed by atoms with Crippen LogP contribution >= 0.6 is 12.2 Å². The Morgan fingerprint density at radius 2 is 1.96 bits per heavy atom. The van der Waals surface area contributed by atoms with Crippen molar-refractivity contribution < 1.29 is 14.2 Å². The lowest BCUT2D eigenvalue weighted by atomic mass is 10.1. The number of hydrogen-bond acceptors (Lipinski definition) is 4. The Hall–Kier alpha value is -2.67. The molecule has 2 aromatic carbocycles. The van der Waals surface area contributed by atoms with Crippen molar-refractivity contribution in [2.75, 3.05) is 12.4 Å². The molecular formula is C17H18FN3O2S. The van der Waals surface area contributed by atoms with Crippen LogP contribution in [0.1, 0.15) is 18.9 Å². The fourth-order valence-corrected chi connectivity index (χ4v) is 2.18. The third-order valence-electron chi connectivity index (χ3n) is 3.24. The van der Waals surface area contributed by atoms with Gasteiger partial charge in [0.1, 0.15) is 17.3 Å². The van der Waals surface area contributed by atoms with Crippen LogP contribution in [-0.4, -0.2) is 23.0 Å². The SMILES string of the molecule is CC/C(=N\NC(=S)Nc1ccc(OC)cc1)c1cc(F)ccc1O. The highest BCUT2D eigenvalue weighted by Crippen LogP contribution is 2.20. The van der Waals surface area contributed by atoms with Crippen LogP contribution in [0.5, 0.6) is 11.5 Å². The lowest BCUT2D eigenvalue weighted by Gasteiger charge is -2.10. The van der Waals surface area contributed by atoms with Crippen LogP contribution in [0.2, 0.25) is 0 Å². The summed E-state index contributed by atoms with van der Waals surface area (Å²) >= 11 is 5.18. The topological polar surface area (TPSA) is 65.9 Å². The Morgan fingerprint density at radius 1 is 1.25 bits per heavy atom. The van der Waals surface area contributed by atoms with E-state index in [-0.39, 0.29) is 10.9 Å². The molecule has 24 heavy (non-hydrogen) atoms. The number of aromatic hydroxyl groups is 1. The number of benzene rings is 2. The van der Waals surface area contributed by atoms with Gasteiger partial charge in [-0.15, -0.1) is 0 Å². The molecule has 0 spiro atoms. The molecule has 0 atom stereocenters. The number of hydrazone groups is 1. The van der Waals surface area contributed by atoms with Gasteiger partial charge in [-0.05, 0) is 61.1 Å². The van der Waals surface area contributed by atoms with E-state index in [0.29, 0.717) is 17.7 Å². The Bertz CT molecular complexity index is 748.